The van der Waals surface area contributed by atoms with Gasteiger partial charge in [0.2, 0.25) is 0 Å². The predicted molar refractivity (Wildman–Crippen MR) is 77.4 cm³/mol. The summed E-state index contributed by atoms with van der Waals surface area (Å²) >= 11 is 0. The number of nitrogens with one attached hydrogen (secondary N) is 1. The molecule has 116 valence electrons. The maximum Gasteiger partial charge on any atom is 0.309 e. The van der Waals surface area contributed by atoms with Crippen LogP contribution in [0.3, 0.4) is 0 Å². The number of amides is 1. The third-order valence-electron chi connectivity index (χ3n) is 2.57. The number of carbonyl (C=O) groups is 2. The Balaban J connectivity index is 2.16. The Morgan fingerprint density at radius 3 is 2.43 bits per heavy atom. The second kappa shape index (κ2) is 9.63. The third kappa shape index (κ3) is 7.20. The van der Waals surface area contributed by atoms with Crippen molar-refractivity contribution in [2.45, 2.75) is 19.8 Å². The molecule has 0 aliphatic carbocycles. The van der Waals surface area contributed by atoms with Gasteiger partial charge in [-0.05, 0) is 30.7 Å². The van der Waals surface area contributed by atoms with Gasteiger partial charge in [0.15, 0.2) is 6.61 Å². The molecule has 6 heteroatoms. The van der Waals surface area contributed by atoms with Crippen LogP contribution in [0.15, 0.2) is 24.3 Å². The molecule has 0 atom stereocenters. The number of methoxy groups -OCH3 is 1. The number of ether oxygens (including phenoxy) is 3. The monoisotopic (exact) mass is 295 g/mol. The van der Waals surface area contributed by atoms with E-state index in [1.54, 1.807) is 31.4 Å². The second-order valence-electron chi connectivity index (χ2n) is 4.28. The highest BCUT2D eigenvalue weighted by Crippen LogP contribution is 2.16. The Hall–Kier alpha value is -2.24. The fraction of sp³-hybridized carbons (Fsp3) is 0.467. The molecular weight excluding hydrogens is 274 g/mol. The Morgan fingerprint density at radius 1 is 1.14 bits per heavy atom. The highest BCUT2D eigenvalue weighted by molar-refractivity contribution is 5.80. The molecule has 0 aromatic heterocycles. The molecule has 0 spiro atoms. The van der Waals surface area contributed by atoms with Gasteiger partial charge in [0.1, 0.15) is 11.5 Å². The van der Waals surface area contributed by atoms with E-state index < -0.39 is 5.97 Å². The highest BCUT2D eigenvalue weighted by atomic mass is 16.5. The smallest absolute Gasteiger partial charge is 0.309 e. The van der Waals surface area contributed by atoms with Crippen LogP contribution >= 0.6 is 0 Å². The van der Waals surface area contributed by atoms with Crippen LogP contribution in [0.1, 0.15) is 19.8 Å². The SMILES string of the molecule is CCCNC(=O)COC(=O)CCOc1ccc(OC)cc1. The Labute approximate surface area is 124 Å². The lowest BCUT2D eigenvalue weighted by molar-refractivity contribution is -0.149. The molecule has 0 saturated carbocycles. The number of rotatable bonds is 9. The molecule has 1 rings (SSSR count). The van der Waals surface area contributed by atoms with Crippen molar-refractivity contribution in [2.24, 2.45) is 0 Å². The lowest BCUT2D eigenvalue weighted by Gasteiger charge is -2.08. The van der Waals surface area contributed by atoms with Gasteiger partial charge >= 0.3 is 5.97 Å². The van der Waals surface area contributed by atoms with E-state index in [4.69, 9.17) is 14.2 Å². The molecule has 21 heavy (non-hydrogen) atoms. The van der Waals surface area contributed by atoms with Crippen LogP contribution in [0.4, 0.5) is 0 Å². The van der Waals surface area contributed by atoms with E-state index >= 15 is 0 Å². The van der Waals surface area contributed by atoms with Crippen molar-refractivity contribution in [1.82, 2.24) is 5.32 Å². The van der Waals surface area contributed by atoms with Gasteiger partial charge in [-0.2, -0.15) is 0 Å². The van der Waals surface area contributed by atoms with E-state index in [1.807, 2.05) is 6.92 Å². The summed E-state index contributed by atoms with van der Waals surface area (Å²) in [5.41, 5.74) is 0. The van der Waals surface area contributed by atoms with Gasteiger partial charge in [-0.15, -0.1) is 0 Å². The lowest BCUT2D eigenvalue weighted by Crippen LogP contribution is -2.29. The minimum atomic E-state index is -0.463. The highest BCUT2D eigenvalue weighted by Gasteiger charge is 2.07. The maximum atomic E-state index is 11.4. The average Bonchev–Trinajstić information content (AvgIpc) is 2.51. The normalized spacial score (nSPS) is 9.81. The van der Waals surface area contributed by atoms with E-state index in [9.17, 15) is 9.59 Å². The average molecular weight is 295 g/mol. The number of hydrogen-bond donors (Lipinski definition) is 1. The number of carbonyl (C=O) groups excluding carboxylic acids is 2. The lowest BCUT2D eigenvalue weighted by atomic mass is 10.3. The van der Waals surface area contributed by atoms with E-state index in [1.165, 1.54) is 0 Å². The second-order valence-corrected chi connectivity index (χ2v) is 4.28. The van der Waals surface area contributed by atoms with Crippen LogP contribution in [0.5, 0.6) is 11.5 Å². The van der Waals surface area contributed by atoms with Crippen LogP contribution < -0.4 is 14.8 Å². The Kier molecular flexibility index (Phi) is 7.71. The molecule has 0 aliphatic heterocycles. The minimum Gasteiger partial charge on any atom is -0.497 e. The number of esters is 1. The van der Waals surface area contributed by atoms with Gasteiger partial charge in [0.05, 0.1) is 20.1 Å². The molecule has 0 saturated heterocycles. The van der Waals surface area contributed by atoms with Gasteiger partial charge < -0.3 is 19.5 Å². The molecule has 0 heterocycles. The van der Waals surface area contributed by atoms with Crippen LogP contribution in [0.2, 0.25) is 0 Å². The van der Waals surface area contributed by atoms with Crippen molar-refractivity contribution < 1.29 is 23.8 Å². The Morgan fingerprint density at radius 2 is 1.81 bits per heavy atom. The van der Waals surface area contributed by atoms with Gasteiger partial charge in [-0.25, -0.2) is 0 Å². The summed E-state index contributed by atoms with van der Waals surface area (Å²) in [5, 5.41) is 2.62. The van der Waals surface area contributed by atoms with E-state index in [0.29, 0.717) is 12.3 Å². The molecule has 1 amide bonds. The quantitative estimate of drug-likeness (QED) is 0.699. The van der Waals surface area contributed by atoms with Crippen LogP contribution in [0.25, 0.3) is 0 Å². The van der Waals surface area contributed by atoms with E-state index in [0.717, 1.165) is 12.2 Å². The topological polar surface area (TPSA) is 73.9 Å². The number of hydrogen-bond acceptors (Lipinski definition) is 5. The van der Waals surface area contributed by atoms with E-state index in [2.05, 4.69) is 5.32 Å². The molecule has 6 nitrogen and oxygen atoms in total. The summed E-state index contributed by atoms with van der Waals surface area (Å²) in [6.45, 7) is 2.48. The van der Waals surface area contributed by atoms with Crippen LogP contribution in [-0.2, 0) is 14.3 Å². The van der Waals surface area contributed by atoms with Crippen LogP contribution in [-0.4, -0.2) is 38.7 Å². The molecule has 0 bridgehead atoms. The summed E-state index contributed by atoms with van der Waals surface area (Å²) in [6, 6.07) is 7.04. The zero-order chi connectivity index (χ0) is 15.5. The van der Waals surface area contributed by atoms with Crippen LogP contribution in [0, 0.1) is 0 Å². The summed E-state index contributed by atoms with van der Waals surface area (Å²) in [5.74, 6) is 0.626. The van der Waals surface area contributed by atoms with Gasteiger partial charge in [0, 0.05) is 6.54 Å². The fourth-order valence-corrected chi connectivity index (χ4v) is 1.46. The fourth-order valence-electron chi connectivity index (χ4n) is 1.46. The summed E-state index contributed by atoms with van der Waals surface area (Å²) in [6.07, 6.45) is 0.933. The summed E-state index contributed by atoms with van der Waals surface area (Å²) in [7, 11) is 1.59. The first kappa shape index (κ1) is 16.8. The van der Waals surface area contributed by atoms with Crippen molar-refractivity contribution in [3.8, 4) is 11.5 Å². The first-order valence-electron chi connectivity index (χ1n) is 6.85. The zero-order valence-corrected chi connectivity index (χ0v) is 12.4. The molecule has 0 aliphatic rings. The molecule has 0 unspecified atom stereocenters. The van der Waals surface area contributed by atoms with Crippen molar-refractivity contribution >= 4 is 11.9 Å². The van der Waals surface area contributed by atoms with Crippen molar-refractivity contribution in [1.29, 1.82) is 0 Å². The summed E-state index contributed by atoms with van der Waals surface area (Å²) in [4.78, 5) is 22.6. The van der Waals surface area contributed by atoms with Crippen molar-refractivity contribution in [2.75, 3.05) is 26.9 Å². The standard InChI is InChI=1S/C15H21NO5/c1-3-9-16-14(17)11-21-15(18)8-10-20-13-6-4-12(19-2)5-7-13/h4-7H,3,8-11H2,1-2H3,(H,16,17). The molecule has 0 radical (unpaired) electrons. The molecule has 0 fully saturated rings. The maximum absolute atomic E-state index is 11.4. The molecule has 1 aromatic rings. The summed E-state index contributed by atoms with van der Waals surface area (Å²) < 4.78 is 15.2. The first-order valence-corrected chi connectivity index (χ1v) is 6.85. The predicted octanol–water partition coefficient (Wildman–Crippen LogP) is 1.53. The van der Waals surface area contributed by atoms with Crippen molar-refractivity contribution in [3.63, 3.8) is 0 Å². The Bertz CT molecular complexity index is 444. The number of benzene rings is 1. The molecular formula is C15H21NO5. The minimum absolute atomic E-state index is 0.0904. The first-order chi connectivity index (χ1) is 10.2. The van der Waals surface area contributed by atoms with Crippen molar-refractivity contribution in [3.05, 3.63) is 24.3 Å². The molecule has 1 N–H and O–H groups in total. The van der Waals surface area contributed by atoms with Gasteiger partial charge in [-0.1, -0.05) is 6.92 Å². The zero-order valence-electron chi connectivity index (χ0n) is 12.4. The van der Waals surface area contributed by atoms with Gasteiger partial charge in [-0.3, -0.25) is 9.59 Å². The molecule has 1 aromatic carbocycles. The van der Waals surface area contributed by atoms with Gasteiger partial charge in [0.25, 0.3) is 5.91 Å². The third-order valence-corrected chi connectivity index (χ3v) is 2.57. The largest absolute Gasteiger partial charge is 0.497 e. The van der Waals surface area contributed by atoms with E-state index in [-0.39, 0.29) is 25.5 Å².